The van der Waals surface area contributed by atoms with Crippen LogP contribution in [0, 0.1) is 0 Å². The van der Waals surface area contributed by atoms with Crippen LogP contribution in [-0.2, 0) is 23.1 Å². The van der Waals surface area contributed by atoms with Gasteiger partial charge < -0.3 is 13.8 Å². The molecule has 0 radical (unpaired) electrons. The number of hydrogen-bond donors (Lipinski definition) is 0. The first-order valence-electron chi connectivity index (χ1n) is 5.11. The Morgan fingerprint density at radius 1 is 1.19 bits per heavy atom. The summed E-state index contributed by atoms with van der Waals surface area (Å²) in [6.45, 7) is 7.05. The average molecular weight is 317 g/mol. The van der Waals surface area contributed by atoms with Crippen LogP contribution in [0.5, 0.6) is 0 Å². The van der Waals surface area contributed by atoms with Gasteiger partial charge in [-0.15, -0.1) is 0 Å². The molecular weight excluding hydrogens is 299 g/mol. The van der Waals surface area contributed by atoms with Crippen molar-refractivity contribution >= 4 is 29.5 Å². The lowest BCUT2D eigenvalue weighted by atomic mass is 10.5. The molecule has 0 aromatic heterocycles. The molecule has 0 rings (SSSR count). The van der Waals surface area contributed by atoms with E-state index in [2.05, 4.69) is 15.9 Å². The van der Waals surface area contributed by atoms with Crippen LogP contribution in [0.25, 0.3) is 0 Å². The number of carbonyl (C=O) groups is 1. The largest absolute Gasteiger partial charge is 0.464 e. The summed E-state index contributed by atoms with van der Waals surface area (Å²) in [7, 11) is -3.57. The van der Waals surface area contributed by atoms with Crippen molar-refractivity contribution in [3.63, 3.8) is 0 Å². The van der Waals surface area contributed by atoms with E-state index in [1.54, 1.807) is 20.8 Å². The molecule has 0 heterocycles. The minimum Gasteiger partial charge on any atom is -0.464 e. The van der Waals surface area contributed by atoms with E-state index in [0.29, 0.717) is 0 Å². The molecule has 0 aliphatic carbocycles. The molecule has 0 amide bonds. The first-order chi connectivity index (χ1) is 7.35. The Kier molecular flexibility index (Phi) is 6.79. The lowest BCUT2D eigenvalue weighted by Crippen LogP contribution is -2.32. The van der Waals surface area contributed by atoms with Crippen LogP contribution >= 0.6 is 23.5 Å². The second-order valence-corrected chi connectivity index (χ2v) is 7.61. The summed E-state index contributed by atoms with van der Waals surface area (Å²) in [6, 6.07) is 0. The predicted molar refractivity (Wildman–Crippen MR) is 64.8 cm³/mol. The molecule has 1 atom stereocenters. The third-order valence-electron chi connectivity index (χ3n) is 1.76. The van der Waals surface area contributed by atoms with Gasteiger partial charge in [-0.05, 0) is 27.7 Å². The van der Waals surface area contributed by atoms with Crippen LogP contribution in [0.1, 0.15) is 27.7 Å². The fourth-order valence-electron chi connectivity index (χ4n) is 0.994. The molecule has 0 aliphatic heterocycles. The summed E-state index contributed by atoms with van der Waals surface area (Å²) < 4.78 is 25.9. The van der Waals surface area contributed by atoms with Crippen LogP contribution in [0.4, 0.5) is 0 Å². The van der Waals surface area contributed by atoms with Gasteiger partial charge in [-0.25, -0.2) is 4.79 Å². The molecule has 0 aliphatic rings. The van der Waals surface area contributed by atoms with Crippen molar-refractivity contribution in [3.05, 3.63) is 0 Å². The molecule has 16 heavy (non-hydrogen) atoms. The van der Waals surface area contributed by atoms with E-state index in [0.717, 1.165) is 0 Å². The molecule has 0 aromatic rings. The summed E-state index contributed by atoms with van der Waals surface area (Å²) in [5.41, 5.74) is 0. The molecule has 0 aromatic carbocycles. The first-order valence-corrected chi connectivity index (χ1v) is 7.44. The van der Waals surface area contributed by atoms with Crippen molar-refractivity contribution in [2.45, 2.75) is 31.8 Å². The molecule has 96 valence electrons. The zero-order valence-electron chi connectivity index (χ0n) is 9.99. The van der Waals surface area contributed by atoms with Gasteiger partial charge in [0.15, 0.2) is 0 Å². The van der Waals surface area contributed by atoms with Crippen molar-refractivity contribution in [2.75, 3.05) is 19.8 Å². The van der Waals surface area contributed by atoms with Gasteiger partial charge in [-0.3, -0.25) is 4.57 Å². The molecule has 0 bridgehead atoms. The quantitative estimate of drug-likeness (QED) is 0.410. The Balaban J connectivity index is 5.02. The summed E-state index contributed by atoms with van der Waals surface area (Å²) >= 11 is 3.09. The van der Waals surface area contributed by atoms with Crippen molar-refractivity contribution in [3.8, 4) is 0 Å². The Hall–Kier alpha value is 0.1000. The number of esters is 1. The van der Waals surface area contributed by atoms with E-state index < -0.39 is 17.6 Å². The van der Waals surface area contributed by atoms with Gasteiger partial charge in [0.25, 0.3) is 0 Å². The lowest BCUT2D eigenvalue weighted by molar-refractivity contribution is -0.143. The highest BCUT2D eigenvalue weighted by atomic mass is 79.9. The molecule has 0 spiro atoms. The summed E-state index contributed by atoms with van der Waals surface area (Å²) in [6.07, 6.45) is 0. The van der Waals surface area contributed by atoms with Gasteiger partial charge >= 0.3 is 13.6 Å². The highest BCUT2D eigenvalue weighted by molar-refractivity contribution is 9.11. The Bertz CT molecular complexity index is 269. The maximum absolute atomic E-state index is 12.4. The SMILES string of the molecule is CCOC(=O)C(C)(Br)P(=O)(OCC)OCC. The number of rotatable bonds is 7. The Morgan fingerprint density at radius 3 is 1.94 bits per heavy atom. The Labute approximate surface area is 104 Å². The smallest absolute Gasteiger partial charge is 0.358 e. The highest BCUT2D eigenvalue weighted by Gasteiger charge is 2.52. The van der Waals surface area contributed by atoms with E-state index in [1.807, 2.05) is 0 Å². The monoisotopic (exact) mass is 316 g/mol. The van der Waals surface area contributed by atoms with E-state index in [4.69, 9.17) is 13.8 Å². The zero-order valence-corrected chi connectivity index (χ0v) is 12.5. The average Bonchev–Trinajstić information content (AvgIpc) is 2.18. The summed E-state index contributed by atoms with van der Waals surface area (Å²) in [5.74, 6) is -0.653. The zero-order chi connectivity index (χ0) is 12.8. The van der Waals surface area contributed by atoms with Crippen LogP contribution in [0.2, 0.25) is 0 Å². The highest BCUT2D eigenvalue weighted by Crippen LogP contribution is 2.63. The maximum atomic E-state index is 12.4. The minimum absolute atomic E-state index is 0.192. The van der Waals surface area contributed by atoms with Gasteiger partial charge in [0, 0.05) is 0 Å². The molecule has 0 fully saturated rings. The van der Waals surface area contributed by atoms with E-state index >= 15 is 0 Å². The summed E-state index contributed by atoms with van der Waals surface area (Å²) in [5, 5.41) is 0. The second-order valence-electron chi connectivity index (χ2n) is 3.01. The number of alkyl halides is 1. The Morgan fingerprint density at radius 2 is 1.62 bits per heavy atom. The lowest BCUT2D eigenvalue weighted by Gasteiger charge is -2.28. The van der Waals surface area contributed by atoms with Crippen LogP contribution in [-0.4, -0.2) is 29.9 Å². The molecule has 0 N–H and O–H groups in total. The topological polar surface area (TPSA) is 61.8 Å². The number of ether oxygens (including phenoxy) is 1. The van der Waals surface area contributed by atoms with E-state index in [-0.39, 0.29) is 19.8 Å². The standard InChI is InChI=1S/C9H18BrO5P/c1-5-13-8(11)9(4,10)16(12,14-6-2)15-7-3/h5-7H2,1-4H3. The van der Waals surface area contributed by atoms with Crippen LogP contribution in [0.3, 0.4) is 0 Å². The van der Waals surface area contributed by atoms with Crippen molar-refractivity contribution in [1.82, 2.24) is 0 Å². The fourth-order valence-corrected chi connectivity index (χ4v) is 3.25. The van der Waals surface area contributed by atoms with E-state index in [9.17, 15) is 9.36 Å². The van der Waals surface area contributed by atoms with Crippen LogP contribution in [0.15, 0.2) is 0 Å². The van der Waals surface area contributed by atoms with Gasteiger partial charge in [-0.2, -0.15) is 0 Å². The second kappa shape index (κ2) is 6.74. The first kappa shape index (κ1) is 16.1. The van der Waals surface area contributed by atoms with Gasteiger partial charge in [0.1, 0.15) is 0 Å². The minimum atomic E-state index is -3.57. The molecule has 0 saturated carbocycles. The van der Waals surface area contributed by atoms with Gasteiger partial charge in [0.05, 0.1) is 19.8 Å². The maximum Gasteiger partial charge on any atom is 0.358 e. The number of carbonyl (C=O) groups excluding carboxylic acids is 1. The van der Waals surface area contributed by atoms with Crippen molar-refractivity contribution in [2.24, 2.45) is 0 Å². The third-order valence-corrected chi connectivity index (χ3v) is 5.79. The normalized spacial score (nSPS) is 15.6. The van der Waals surface area contributed by atoms with Crippen molar-refractivity contribution < 1.29 is 23.1 Å². The molecule has 1 unspecified atom stereocenters. The third kappa shape index (κ3) is 3.55. The predicted octanol–water partition coefficient (Wildman–Crippen LogP) is 2.93. The molecule has 5 nitrogen and oxygen atoms in total. The molecule has 7 heteroatoms. The summed E-state index contributed by atoms with van der Waals surface area (Å²) in [4.78, 5) is 11.7. The van der Waals surface area contributed by atoms with Crippen molar-refractivity contribution in [1.29, 1.82) is 0 Å². The van der Waals surface area contributed by atoms with E-state index in [1.165, 1.54) is 6.92 Å². The van der Waals surface area contributed by atoms with Gasteiger partial charge in [0.2, 0.25) is 4.07 Å². The fraction of sp³-hybridized carbons (Fsp3) is 0.889. The van der Waals surface area contributed by atoms with Gasteiger partial charge in [-0.1, -0.05) is 15.9 Å². The van der Waals surface area contributed by atoms with Crippen LogP contribution < -0.4 is 0 Å². The number of halogens is 1. The molecular formula is C9H18BrO5P. The molecule has 0 saturated heterocycles. The number of hydrogen-bond acceptors (Lipinski definition) is 5.